The molecule has 1 heteroatoms. The van der Waals surface area contributed by atoms with E-state index in [-0.39, 0.29) is 0 Å². The van der Waals surface area contributed by atoms with Crippen molar-refractivity contribution in [3.05, 3.63) is 47.5 Å². The van der Waals surface area contributed by atoms with Crippen molar-refractivity contribution in [1.82, 2.24) is 4.90 Å². The Balaban J connectivity index is 1.58. The Kier molecular flexibility index (Phi) is 3.74. The molecule has 1 aromatic carbocycles. The number of aryl methyl sites for hydroxylation is 1. The Hall–Kier alpha value is -1.08. The van der Waals surface area contributed by atoms with Crippen LogP contribution in [-0.2, 0) is 6.42 Å². The molecule has 0 heterocycles. The van der Waals surface area contributed by atoms with Gasteiger partial charge >= 0.3 is 0 Å². The van der Waals surface area contributed by atoms with E-state index in [2.05, 4.69) is 55.4 Å². The summed E-state index contributed by atoms with van der Waals surface area (Å²) in [5.74, 6) is 2.49. The molecule has 3 rings (SSSR count). The lowest BCUT2D eigenvalue weighted by Gasteiger charge is -2.18. The quantitative estimate of drug-likeness (QED) is 0.722. The lowest BCUT2D eigenvalue weighted by molar-refractivity contribution is 0.400. The van der Waals surface area contributed by atoms with Crippen molar-refractivity contribution >= 4 is 0 Å². The highest BCUT2D eigenvalue weighted by Crippen LogP contribution is 2.48. The van der Waals surface area contributed by atoms with Crippen LogP contribution < -0.4 is 0 Å². The van der Waals surface area contributed by atoms with Crippen molar-refractivity contribution in [2.75, 3.05) is 20.6 Å². The molecular weight excluding hydrogens is 230 g/mol. The summed E-state index contributed by atoms with van der Waals surface area (Å²) in [6.45, 7) is 1.18. The van der Waals surface area contributed by atoms with E-state index in [1.807, 2.05) is 0 Å². The van der Waals surface area contributed by atoms with E-state index in [0.717, 1.165) is 17.8 Å². The molecule has 2 aliphatic carbocycles. The fraction of sp³-hybridized carbons (Fsp3) is 0.556. The van der Waals surface area contributed by atoms with Crippen molar-refractivity contribution in [3.8, 4) is 0 Å². The zero-order valence-electron chi connectivity index (χ0n) is 12.2. The van der Waals surface area contributed by atoms with Gasteiger partial charge in [-0.2, -0.15) is 0 Å². The van der Waals surface area contributed by atoms with E-state index in [0.29, 0.717) is 0 Å². The minimum atomic E-state index is 0.797. The lowest BCUT2D eigenvalue weighted by Crippen LogP contribution is -2.13. The Morgan fingerprint density at radius 3 is 2.42 bits per heavy atom. The van der Waals surface area contributed by atoms with E-state index in [1.165, 1.54) is 37.8 Å². The van der Waals surface area contributed by atoms with Gasteiger partial charge in [-0.1, -0.05) is 36.4 Å². The summed E-state index contributed by atoms with van der Waals surface area (Å²) < 4.78 is 0. The smallest absolute Gasteiger partial charge is 0.00217 e. The summed E-state index contributed by atoms with van der Waals surface area (Å²) in [5.41, 5.74) is 3.05. The van der Waals surface area contributed by atoms with Crippen LogP contribution in [0.25, 0.3) is 0 Å². The predicted molar refractivity (Wildman–Crippen MR) is 81.4 cm³/mol. The van der Waals surface area contributed by atoms with Crippen molar-refractivity contribution in [2.24, 2.45) is 11.8 Å². The molecule has 102 valence electrons. The molecule has 3 unspecified atom stereocenters. The monoisotopic (exact) mass is 255 g/mol. The first kappa shape index (κ1) is 12.9. The second-order valence-electron chi connectivity index (χ2n) is 6.54. The summed E-state index contributed by atoms with van der Waals surface area (Å²) in [4.78, 5) is 2.26. The van der Waals surface area contributed by atoms with Crippen LogP contribution in [0.5, 0.6) is 0 Å². The third-order valence-corrected chi connectivity index (χ3v) is 4.76. The maximum atomic E-state index is 2.45. The fourth-order valence-electron chi connectivity index (χ4n) is 3.69. The van der Waals surface area contributed by atoms with Gasteiger partial charge in [0.25, 0.3) is 0 Å². The van der Waals surface area contributed by atoms with Crippen LogP contribution in [0.4, 0.5) is 0 Å². The number of nitrogens with zero attached hydrogens (tertiary/aromatic N) is 1. The molecule has 0 amide bonds. The first-order chi connectivity index (χ1) is 9.22. The number of fused-ring (bicyclic) bond motifs is 2. The number of hydrogen-bond acceptors (Lipinski definition) is 1. The average molecular weight is 255 g/mol. The van der Waals surface area contributed by atoms with Crippen molar-refractivity contribution in [2.45, 2.75) is 31.6 Å². The van der Waals surface area contributed by atoms with Crippen molar-refractivity contribution in [1.29, 1.82) is 0 Å². The molecule has 0 aliphatic heterocycles. The minimum Gasteiger partial charge on any atom is -0.309 e. The summed E-state index contributed by atoms with van der Waals surface area (Å²) in [5, 5.41) is 0. The van der Waals surface area contributed by atoms with E-state index >= 15 is 0 Å². The molecule has 1 saturated carbocycles. The maximum Gasteiger partial charge on any atom is -0.00217 e. The Morgan fingerprint density at radius 2 is 1.84 bits per heavy atom. The molecule has 0 N–H and O–H groups in total. The minimum absolute atomic E-state index is 0.797. The molecule has 1 aromatic rings. The van der Waals surface area contributed by atoms with Gasteiger partial charge < -0.3 is 4.90 Å². The highest BCUT2D eigenvalue weighted by Gasteiger charge is 2.36. The van der Waals surface area contributed by atoms with E-state index < -0.39 is 0 Å². The molecule has 0 aromatic heterocycles. The van der Waals surface area contributed by atoms with Crippen LogP contribution in [0, 0.1) is 11.8 Å². The normalized spacial score (nSPS) is 28.5. The zero-order chi connectivity index (χ0) is 13.2. The standard InChI is InChI=1S/C18H25N/c1-19(2)11-3-4-14-5-8-16(9-6-14)18-13-15-7-10-17(18)12-15/h5-10,15,17-18H,3-4,11-13H2,1-2H3. The molecule has 0 spiro atoms. The number of benzene rings is 1. The van der Waals surface area contributed by atoms with Gasteiger partial charge in [-0.3, -0.25) is 0 Å². The first-order valence-corrected chi connectivity index (χ1v) is 7.64. The Labute approximate surface area is 117 Å². The third-order valence-electron chi connectivity index (χ3n) is 4.76. The third kappa shape index (κ3) is 2.92. The van der Waals surface area contributed by atoms with E-state index in [4.69, 9.17) is 0 Å². The average Bonchev–Trinajstić information content (AvgIpc) is 3.01. The molecule has 19 heavy (non-hydrogen) atoms. The summed E-state index contributed by atoms with van der Waals surface area (Å²) in [6, 6.07) is 9.45. The molecule has 2 aliphatic rings. The van der Waals surface area contributed by atoms with Crippen LogP contribution >= 0.6 is 0 Å². The molecule has 2 bridgehead atoms. The van der Waals surface area contributed by atoms with Gasteiger partial charge in [-0.05, 0) is 75.2 Å². The Morgan fingerprint density at radius 1 is 1.05 bits per heavy atom. The van der Waals surface area contributed by atoms with Crippen LogP contribution in [0.1, 0.15) is 36.3 Å². The molecule has 0 saturated heterocycles. The zero-order valence-corrected chi connectivity index (χ0v) is 12.2. The van der Waals surface area contributed by atoms with Gasteiger partial charge in [0.1, 0.15) is 0 Å². The number of hydrogen-bond donors (Lipinski definition) is 0. The van der Waals surface area contributed by atoms with Gasteiger partial charge in [-0.15, -0.1) is 0 Å². The molecular formula is C18H25N. The van der Waals surface area contributed by atoms with Gasteiger partial charge in [0.2, 0.25) is 0 Å². The van der Waals surface area contributed by atoms with Crippen LogP contribution in [0.3, 0.4) is 0 Å². The molecule has 0 radical (unpaired) electrons. The summed E-state index contributed by atoms with van der Waals surface area (Å²) >= 11 is 0. The largest absolute Gasteiger partial charge is 0.309 e. The topological polar surface area (TPSA) is 3.24 Å². The second kappa shape index (κ2) is 5.50. The SMILES string of the molecule is CN(C)CCCc1ccc(C2CC3C=CC2C3)cc1. The molecule has 1 fully saturated rings. The van der Waals surface area contributed by atoms with Crippen molar-refractivity contribution < 1.29 is 0 Å². The fourth-order valence-corrected chi connectivity index (χ4v) is 3.69. The van der Waals surface area contributed by atoms with Crippen LogP contribution in [0.2, 0.25) is 0 Å². The number of allylic oxidation sites excluding steroid dienone is 2. The van der Waals surface area contributed by atoms with Gasteiger partial charge in [0.05, 0.1) is 0 Å². The van der Waals surface area contributed by atoms with E-state index in [9.17, 15) is 0 Å². The highest BCUT2D eigenvalue weighted by molar-refractivity contribution is 5.30. The highest BCUT2D eigenvalue weighted by atomic mass is 15.0. The molecule has 3 atom stereocenters. The first-order valence-electron chi connectivity index (χ1n) is 7.64. The lowest BCUT2D eigenvalue weighted by atomic mass is 9.86. The molecule has 1 nitrogen and oxygen atoms in total. The predicted octanol–water partition coefficient (Wildman–Crippen LogP) is 3.86. The van der Waals surface area contributed by atoms with Crippen LogP contribution in [-0.4, -0.2) is 25.5 Å². The van der Waals surface area contributed by atoms with Crippen LogP contribution in [0.15, 0.2) is 36.4 Å². The van der Waals surface area contributed by atoms with Gasteiger partial charge in [0, 0.05) is 0 Å². The van der Waals surface area contributed by atoms with Crippen molar-refractivity contribution in [3.63, 3.8) is 0 Å². The summed E-state index contributed by atoms with van der Waals surface area (Å²) in [7, 11) is 4.29. The van der Waals surface area contributed by atoms with Gasteiger partial charge in [0.15, 0.2) is 0 Å². The second-order valence-corrected chi connectivity index (χ2v) is 6.54. The summed E-state index contributed by atoms with van der Waals surface area (Å²) in [6.07, 6.45) is 10.1. The Bertz CT molecular complexity index is 443. The number of rotatable bonds is 5. The van der Waals surface area contributed by atoms with Gasteiger partial charge in [-0.25, -0.2) is 0 Å². The van der Waals surface area contributed by atoms with E-state index in [1.54, 1.807) is 5.56 Å². The maximum absolute atomic E-state index is 2.45.